The highest BCUT2D eigenvalue weighted by Crippen LogP contribution is 2.21. The van der Waals surface area contributed by atoms with Crippen LogP contribution in [-0.2, 0) is 11.3 Å². The van der Waals surface area contributed by atoms with Gasteiger partial charge in [-0.15, -0.1) is 0 Å². The number of halogens is 1. The fourth-order valence-corrected chi connectivity index (χ4v) is 2.59. The minimum atomic E-state index is -0.427. The van der Waals surface area contributed by atoms with Crippen LogP contribution in [0, 0.1) is 23.1 Å². The number of hydrogen-bond acceptors (Lipinski definition) is 3. The van der Waals surface area contributed by atoms with Crippen LogP contribution in [0.25, 0.3) is 0 Å². The highest BCUT2D eigenvalue weighted by atomic mass is 19.1. The second-order valence-corrected chi connectivity index (χ2v) is 5.06. The topological polar surface area (TPSA) is 56.1 Å². The van der Waals surface area contributed by atoms with E-state index >= 15 is 0 Å². The summed E-state index contributed by atoms with van der Waals surface area (Å²) < 4.78 is 14.0. The quantitative estimate of drug-likeness (QED) is 0.912. The average Bonchev–Trinajstić information content (AvgIpc) is 2.49. The molecule has 0 unspecified atom stereocenters. The van der Waals surface area contributed by atoms with Crippen LogP contribution in [0.2, 0.25) is 0 Å². The van der Waals surface area contributed by atoms with E-state index in [-0.39, 0.29) is 17.4 Å². The van der Waals surface area contributed by atoms with E-state index in [2.05, 4.69) is 10.2 Å². The van der Waals surface area contributed by atoms with Gasteiger partial charge in [-0.25, -0.2) is 4.39 Å². The van der Waals surface area contributed by atoms with Crippen LogP contribution in [0.3, 0.4) is 0 Å². The number of nitriles is 1. The van der Waals surface area contributed by atoms with Gasteiger partial charge in [0.15, 0.2) is 0 Å². The molecule has 1 amide bonds. The summed E-state index contributed by atoms with van der Waals surface area (Å²) in [6.07, 6.45) is 1.58. The molecule has 1 saturated heterocycles. The molecule has 1 aromatic rings. The lowest BCUT2D eigenvalue weighted by Crippen LogP contribution is -2.39. The van der Waals surface area contributed by atoms with Gasteiger partial charge in [0, 0.05) is 25.1 Å². The normalized spacial score (nSPS) is 16.6. The Kier molecular flexibility index (Phi) is 4.70. The molecule has 1 aliphatic rings. The third kappa shape index (κ3) is 3.14. The summed E-state index contributed by atoms with van der Waals surface area (Å²) in [6.45, 7) is 2.03. The van der Waals surface area contributed by atoms with E-state index < -0.39 is 5.82 Å². The summed E-state index contributed by atoms with van der Waals surface area (Å²) in [4.78, 5) is 13.7. The van der Waals surface area contributed by atoms with Crippen LogP contribution in [0.5, 0.6) is 0 Å². The Bertz CT molecular complexity index is 530. The Hall–Kier alpha value is -1.93. The maximum atomic E-state index is 14.0. The van der Waals surface area contributed by atoms with E-state index in [0.717, 1.165) is 25.9 Å². The largest absolute Gasteiger partial charge is 0.359 e. The van der Waals surface area contributed by atoms with Crippen LogP contribution in [-0.4, -0.2) is 30.9 Å². The van der Waals surface area contributed by atoms with Gasteiger partial charge in [-0.3, -0.25) is 9.69 Å². The lowest BCUT2D eigenvalue weighted by Gasteiger charge is -2.31. The third-order valence-electron chi connectivity index (χ3n) is 3.80. The van der Waals surface area contributed by atoms with E-state index in [1.165, 1.54) is 6.07 Å². The molecule has 0 atom stereocenters. The molecule has 1 aliphatic heterocycles. The fraction of sp³-hybridized carbons (Fsp3) is 0.467. The first-order valence-electron chi connectivity index (χ1n) is 6.77. The fourth-order valence-electron chi connectivity index (χ4n) is 2.59. The molecular formula is C15H18FN3O. The second-order valence-electron chi connectivity index (χ2n) is 5.06. The van der Waals surface area contributed by atoms with Gasteiger partial charge < -0.3 is 5.32 Å². The summed E-state index contributed by atoms with van der Waals surface area (Å²) in [7, 11) is 1.65. The van der Waals surface area contributed by atoms with Crippen LogP contribution < -0.4 is 5.32 Å². The van der Waals surface area contributed by atoms with Gasteiger partial charge in [0.05, 0.1) is 5.56 Å². The summed E-state index contributed by atoms with van der Waals surface area (Å²) >= 11 is 0. The van der Waals surface area contributed by atoms with E-state index in [1.807, 2.05) is 6.07 Å². The molecule has 0 saturated carbocycles. The number of amides is 1. The Morgan fingerprint density at radius 2 is 2.20 bits per heavy atom. The van der Waals surface area contributed by atoms with Crippen molar-refractivity contribution in [1.82, 2.24) is 10.2 Å². The summed E-state index contributed by atoms with van der Waals surface area (Å²) in [6, 6.07) is 6.75. The number of likely N-dealkylation sites (tertiary alicyclic amines) is 1. The standard InChI is InChI=1S/C15H18FN3O/c1-18-15(20)11-5-7-19(8-6-11)10-13-4-2-3-12(9-17)14(13)16/h2-4,11H,5-8,10H2,1H3,(H,18,20). The Balaban J connectivity index is 1.97. The van der Waals surface area contributed by atoms with Crippen molar-refractivity contribution < 1.29 is 9.18 Å². The molecule has 1 heterocycles. The monoisotopic (exact) mass is 275 g/mol. The molecule has 1 fully saturated rings. The summed E-state index contributed by atoms with van der Waals surface area (Å²) in [5.74, 6) is -0.280. The molecule has 0 spiro atoms. The van der Waals surface area contributed by atoms with Crippen molar-refractivity contribution in [2.45, 2.75) is 19.4 Å². The maximum Gasteiger partial charge on any atom is 0.222 e. The number of nitrogens with one attached hydrogen (secondary N) is 1. The van der Waals surface area contributed by atoms with Crippen molar-refractivity contribution >= 4 is 5.91 Å². The molecule has 0 bridgehead atoms. The molecule has 1 N–H and O–H groups in total. The van der Waals surface area contributed by atoms with Crippen LogP contribution in [0.15, 0.2) is 18.2 Å². The van der Waals surface area contributed by atoms with Gasteiger partial charge >= 0.3 is 0 Å². The van der Waals surface area contributed by atoms with Crippen molar-refractivity contribution in [1.29, 1.82) is 5.26 Å². The highest BCUT2D eigenvalue weighted by molar-refractivity contribution is 5.78. The van der Waals surface area contributed by atoms with Crippen molar-refractivity contribution in [3.8, 4) is 6.07 Å². The maximum absolute atomic E-state index is 14.0. The van der Waals surface area contributed by atoms with Crippen LogP contribution in [0.4, 0.5) is 4.39 Å². The third-order valence-corrected chi connectivity index (χ3v) is 3.80. The lowest BCUT2D eigenvalue weighted by molar-refractivity contribution is -0.125. The minimum absolute atomic E-state index is 0.0616. The van der Waals surface area contributed by atoms with Gasteiger partial charge in [-0.2, -0.15) is 5.26 Å². The molecule has 4 nitrogen and oxygen atoms in total. The number of carbonyl (C=O) groups excluding carboxylic acids is 1. The van der Waals surface area contributed by atoms with E-state index in [4.69, 9.17) is 5.26 Å². The molecule has 0 aliphatic carbocycles. The molecule has 2 rings (SSSR count). The number of nitrogens with zero attached hydrogens (tertiary/aromatic N) is 2. The summed E-state index contributed by atoms with van der Waals surface area (Å²) in [5.41, 5.74) is 0.630. The first kappa shape index (κ1) is 14.5. The Morgan fingerprint density at radius 1 is 1.50 bits per heavy atom. The van der Waals surface area contributed by atoms with E-state index in [0.29, 0.717) is 12.1 Å². The predicted molar refractivity (Wildman–Crippen MR) is 73.2 cm³/mol. The lowest BCUT2D eigenvalue weighted by atomic mass is 9.95. The molecule has 5 heteroatoms. The SMILES string of the molecule is CNC(=O)C1CCN(Cc2cccc(C#N)c2F)CC1. The van der Waals surface area contributed by atoms with Gasteiger partial charge in [-0.05, 0) is 32.0 Å². The summed E-state index contributed by atoms with van der Waals surface area (Å²) in [5, 5.41) is 11.5. The van der Waals surface area contributed by atoms with Crippen molar-refractivity contribution in [3.63, 3.8) is 0 Å². The average molecular weight is 275 g/mol. The molecule has 0 radical (unpaired) electrons. The Labute approximate surface area is 118 Å². The van der Waals surface area contributed by atoms with Crippen molar-refractivity contribution in [2.24, 2.45) is 5.92 Å². The zero-order valence-electron chi connectivity index (χ0n) is 11.5. The molecule has 1 aromatic carbocycles. The number of benzene rings is 1. The van der Waals surface area contributed by atoms with Gasteiger partial charge in [0.25, 0.3) is 0 Å². The minimum Gasteiger partial charge on any atom is -0.359 e. The molecule has 0 aromatic heterocycles. The van der Waals surface area contributed by atoms with E-state index in [1.54, 1.807) is 19.2 Å². The van der Waals surface area contributed by atoms with Gasteiger partial charge in [0.1, 0.15) is 11.9 Å². The van der Waals surface area contributed by atoms with Crippen LogP contribution >= 0.6 is 0 Å². The number of rotatable bonds is 3. The first-order chi connectivity index (χ1) is 9.65. The number of piperidine rings is 1. The number of carbonyl (C=O) groups is 1. The molecule has 106 valence electrons. The zero-order valence-corrected chi connectivity index (χ0v) is 11.5. The predicted octanol–water partition coefficient (Wildman–Crippen LogP) is 1.66. The Morgan fingerprint density at radius 3 is 2.80 bits per heavy atom. The van der Waals surface area contributed by atoms with Crippen LogP contribution in [0.1, 0.15) is 24.0 Å². The molecular weight excluding hydrogens is 257 g/mol. The number of hydrogen-bond donors (Lipinski definition) is 1. The second kappa shape index (κ2) is 6.49. The van der Waals surface area contributed by atoms with E-state index in [9.17, 15) is 9.18 Å². The zero-order chi connectivity index (χ0) is 14.5. The van der Waals surface area contributed by atoms with Crippen molar-refractivity contribution in [2.75, 3.05) is 20.1 Å². The highest BCUT2D eigenvalue weighted by Gasteiger charge is 2.24. The molecule has 20 heavy (non-hydrogen) atoms. The first-order valence-corrected chi connectivity index (χ1v) is 6.77. The smallest absolute Gasteiger partial charge is 0.222 e. The van der Waals surface area contributed by atoms with Crippen molar-refractivity contribution in [3.05, 3.63) is 35.1 Å². The van der Waals surface area contributed by atoms with Gasteiger partial charge in [-0.1, -0.05) is 12.1 Å². The van der Waals surface area contributed by atoms with Gasteiger partial charge in [0.2, 0.25) is 5.91 Å².